The summed E-state index contributed by atoms with van der Waals surface area (Å²) in [5, 5.41) is 5.28. The number of halogens is 3. The first-order chi connectivity index (χ1) is 9.80. The van der Waals surface area contributed by atoms with Crippen LogP contribution in [0.15, 0.2) is 28.9 Å². The van der Waals surface area contributed by atoms with Crippen molar-refractivity contribution in [3.05, 3.63) is 44.5 Å². The number of hydrogen-bond acceptors (Lipinski definition) is 3. The Balaban J connectivity index is 2.23. The fourth-order valence-electron chi connectivity index (χ4n) is 1.59. The Hall–Kier alpha value is -0.760. The summed E-state index contributed by atoms with van der Waals surface area (Å²) in [5.41, 5.74) is 0.834. The Bertz CT molecular complexity index is 762. The zero-order valence-electron chi connectivity index (χ0n) is 11.0. The maximum absolute atomic E-state index is 11.6. The topological polar surface area (TPSA) is 64.0 Å². The zero-order valence-corrected chi connectivity index (χ0v) is 14.9. The molecule has 0 aliphatic rings. The van der Waals surface area contributed by atoms with Gasteiger partial charge in [0.25, 0.3) is 0 Å². The molecule has 0 bridgehead atoms. The van der Waals surface area contributed by atoms with E-state index in [2.05, 4.69) is 25.8 Å². The van der Waals surface area contributed by atoms with Crippen LogP contribution in [0.1, 0.15) is 12.5 Å². The monoisotopic (exact) mass is 411 g/mol. The van der Waals surface area contributed by atoms with Crippen molar-refractivity contribution in [3.63, 3.8) is 0 Å². The van der Waals surface area contributed by atoms with Crippen LogP contribution in [0.2, 0.25) is 10.0 Å². The molecule has 0 radical (unpaired) electrons. The molecule has 0 aliphatic carbocycles. The second-order valence-electron chi connectivity index (χ2n) is 4.26. The van der Waals surface area contributed by atoms with Gasteiger partial charge in [-0.25, -0.2) is 8.42 Å². The highest BCUT2D eigenvalue weighted by atomic mass is 79.9. The SMILES string of the molecule is CCS(=O)(=O)Nc1nn(Cc2ccc(Cl)cc2Cl)cc1Br. The molecule has 1 heterocycles. The molecule has 1 N–H and O–H groups in total. The van der Waals surface area contributed by atoms with Crippen molar-refractivity contribution in [1.82, 2.24) is 9.78 Å². The molecule has 0 aliphatic heterocycles. The summed E-state index contributed by atoms with van der Waals surface area (Å²) in [6.45, 7) is 1.96. The van der Waals surface area contributed by atoms with E-state index in [0.29, 0.717) is 21.1 Å². The minimum Gasteiger partial charge on any atom is -0.265 e. The molecule has 2 rings (SSSR count). The number of nitrogens with one attached hydrogen (secondary N) is 1. The van der Waals surface area contributed by atoms with E-state index in [1.165, 1.54) is 0 Å². The Morgan fingerprint density at radius 1 is 1.38 bits per heavy atom. The molecule has 0 atom stereocenters. The summed E-state index contributed by atoms with van der Waals surface area (Å²) in [7, 11) is -3.37. The highest BCUT2D eigenvalue weighted by molar-refractivity contribution is 9.10. The second-order valence-corrected chi connectivity index (χ2v) is 7.97. The minimum absolute atomic E-state index is 0.0185. The molecule has 1 aromatic heterocycles. The van der Waals surface area contributed by atoms with Crippen molar-refractivity contribution in [2.24, 2.45) is 0 Å². The average molecular weight is 413 g/mol. The lowest BCUT2D eigenvalue weighted by molar-refractivity contribution is 0.601. The van der Waals surface area contributed by atoms with Crippen LogP contribution in [0.5, 0.6) is 0 Å². The summed E-state index contributed by atoms with van der Waals surface area (Å²) < 4.78 is 27.7. The van der Waals surface area contributed by atoms with E-state index in [-0.39, 0.29) is 11.6 Å². The molecule has 0 saturated carbocycles. The molecular weight excluding hydrogens is 401 g/mol. The van der Waals surface area contributed by atoms with Gasteiger partial charge in [-0.05, 0) is 40.5 Å². The molecule has 1 aromatic carbocycles. The first-order valence-electron chi connectivity index (χ1n) is 5.98. The Morgan fingerprint density at radius 2 is 2.10 bits per heavy atom. The van der Waals surface area contributed by atoms with Crippen LogP contribution in [0.25, 0.3) is 0 Å². The molecule has 5 nitrogen and oxygen atoms in total. The standard InChI is InChI=1S/C12H12BrCl2N3O2S/c1-2-21(19,20)17-12-10(13)7-18(16-12)6-8-3-4-9(14)5-11(8)15/h3-5,7H,2,6H2,1H3,(H,16,17). The Kier molecular flexibility index (Phi) is 5.19. The smallest absolute Gasteiger partial charge is 0.233 e. The van der Waals surface area contributed by atoms with E-state index in [0.717, 1.165) is 5.56 Å². The lowest BCUT2D eigenvalue weighted by Gasteiger charge is -2.05. The molecule has 0 fully saturated rings. The number of sulfonamides is 1. The first kappa shape index (κ1) is 16.6. The summed E-state index contributed by atoms with van der Waals surface area (Å²) in [4.78, 5) is 0. The molecule has 21 heavy (non-hydrogen) atoms. The molecule has 0 saturated heterocycles. The van der Waals surface area contributed by atoms with Crippen LogP contribution in [-0.2, 0) is 16.6 Å². The van der Waals surface area contributed by atoms with Gasteiger partial charge in [-0.2, -0.15) is 5.10 Å². The summed E-state index contributed by atoms with van der Waals surface area (Å²) in [6.07, 6.45) is 1.68. The summed E-state index contributed by atoms with van der Waals surface area (Å²) in [5.74, 6) is 0.233. The van der Waals surface area contributed by atoms with Gasteiger partial charge in [0.05, 0.1) is 16.8 Å². The van der Waals surface area contributed by atoms with Gasteiger partial charge in [0.15, 0.2) is 5.82 Å². The minimum atomic E-state index is -3.37. The van der Waals surface area contributed by atoms with Gasteiger partial charge in [-0.1, -0.05) is 29.3 Å². The lowest BCUT2D eigenvalue weighted by atomic mass is 10.2. The van der Waals surface area contributed by atoms with Crippen LogP contribution in [0, 0.1) is 0 Å². The van der Waals surface area contributed by atoms with Crippen molar-refractivity contribution in [2.45, 2.75) is 13.5 Å². The number of nitrogens with zero attached hydrogens (tertiary/aromatic N) is 2. The van der Waals surface area contributed by atoms with Gasteiger partial charge in [0.2, 0.25) is 10.0 Å². The maximum Gasteiger partial charge on any atom is 0.233 e. The highest BCUT2D eigenvalue weighted by Crippen LogP contribution is 2.25. The summed E-state index contributed by atoms with van der Waals surface area (Å²) >= 11 is 15.2. The normalized spacial score (nSPS) is 11.6. The van der Waals surface area contributed by atoms with E-state index in [1.807, 2.05) is 0 Å². The zero-order chi connectivity index (χ0) is 15.6. The van der Waals surface area contributed by atoms with Crippen molar-refractivity contribution in [2.75, 3.05) is 10.5 Å². The molecule has 9 heteroatoms. The van der Waals surface area contributed by atoms with Gasteiger partial charge in [0, 0.05) is 16.2 Å². The fraction of sp³-hybridized carbons (Fsp3) is 0.250. The highest BCUT2D eigenvalue weighted by Gasteiger charge is 2.14. The van der Waals surface area contributed by atoms with Crippen LogP contribution >= 0.6 is 39.1 Å². The molecule has 114 valence electrons. The first-order valence-corrected chi connectivity index (χ1v) is 9.18. The predicted molar refractivity (Wildman–Crippen MR) is 88.6 cm³/mol. The van der Waals surface area contributed by atoms with E-state index in [9.17, 15) is 8.42 Å². The van der Waals surface area contributed by atoms with Crippen LogP contribution < -0.4 is 4.72 Å². The molecular formula is C12H12BrCl2N3O2S. The number of hydrogen-bond donors (Lipinski definition) is 1. The van der Waals surface area contributed by atoms with E-state index < -0.39 is 10.0 Å². The molecule has 0 spiro atoms. The van der Waals surface area contributed by atoms with Crippen molar-refractivity contribution >= 4 is 55.0 Å². The largest absolute Gasteiger partial charge is 0.265 e. The number of anilines is 1. The van der Waals surface area contributed by atoms with Crippen LogP contribution in [0.4, 0.5) is 5.82 Å². The van der Waals surface area contributed by atoms with Gasteiger partial charge in [-0.3, -0.25) is 9.40 Å². The lowest BCUT2D eigenvalue weighted by Crippen LogP contribution is -2.15. The number of rotatable bonds is 5. The third-order valence-corrected chi connectivity index (χ3v) is 5.13. The van der Waals surface area contributed by atoms with Crippen LogP contribution in [0.3, 0.4) is 0 Å². The van der Waals surface area contributed by atoms with E-state index in [1.54, 1.807) is 36.0 Å². The number of aromatic nitrogens is 2. The van der Waals surface area contributed by atoms with Gasteiger partial charge < -0.3 is 0 Å². The van der Waals surface area contributed by atoms with Gasteiger partial charge in [-0.15, -0.1) is 0 Å². The average Bonchev–Trinajstić information content (AvgIpc) is 2.73. The Labute approximate surface area is 141 Å². The van der Waals surface area contributed by atoms with Gasteiger partial charge in [0.1, 0.15) is 0 Å². The summed E-state index contributed by atoms with van der Waals surface area (Å²) in [6, 6.07) is 5.19. The van der Waals surface area contributed by atoms with Crippen molar-refractivity contribution in [1.29, 1.82) is 0 Å². The van der Waals surface area contributed by atoms with E-state index >= 15 is 0 Å². The molecule has 0 amide bonds. The quantitative estimate of drug-likeness (QED) is 0.812. The van der Waals surface area contributed by atoms with Crippen LogP contribution in [-0.4, -0.2) is 24.0 Å². The predicted octanol–water partition coefficient (Wildman–Crippen LogP) is 3.76. The number of benzene rings is 1. The Morgan fingerprint density at radius 3 is 2.71 bits per heavy atom. The van der Waals surface area contributed by atoms with E-state index in [4.69, 9.17) is 23.2 Å². The molecule has 0 unspecified atom stereocenters. The third kappa shape index (κ3) is 4.35. The fourth-order valence-corrected chi connectivity index (χ4v) is 3.20. The van der Waals surface area contributed by atoms with Gasteiger partial charge >= 0.3 is 0 Å². The third-order valence-electron chi connectivity index (χ3n) is 2.70. The second kappa shape index (κ2) is 6.56. The maximum atomic E-state index is 11.6. The molecule has 2 aromatic rings. The van der Waals surface area contributed by atoms with Crippen molar-refractivity contribution < 1.29 is 8.42 Å². The van der Waals surface area contributed by atoms with Crippen molar-refractivity contribution in [3.8, 4) is 0 Å².